The molecule has 0 spiro atoms. The summed E-state index contributed by atoms with van der Waals surface area (Å²) in [6, 6.07) is 8.89. The van der Waals surface area contributed by atoms with Crippen LogP contribution in [-0.2, 0) is 15.0 Å². The van der Waals surface area contributed by atoms with Gasteiger partial charge in [-0.2, -0.15) is 0 Å². The molecule has 0 radical (unpaired) electrons. The van der Waals surface area contributed by atoms with Crippen molar-refractivity contribution in [2.45, 2.75) is 51.0 Å². The fraction of sp³-hybridized carbons (Fsp3) is 0.529. The molecule has 1 amide bonds. The van der Waals surface area contributed by atoms with E-state index in [4.69, 9.17) is 0 Å². The molecule has 0 heterocycles. The SMILES string of the molecule is CC(C)C(NC(=O)C1(c2ccccc2)CCCC1)C(=O)O. The van der Waals surface area contributed by atoms with Crippen LogP contribution < -0.4 is 5.32 Å². The molecule has 1 aliphatic carbocycles. The molecule has 1 aromatic carbocycles. The van der Waals surface area contributed by atoms with Crippen molar-refractivity contribution in [1.29, 1.82) is 0 Å². The van der Waals surface area contributed by atoms with Crippen molar-refractivity contribution in [1.82, 2.24) is 5.32 Å². The average molecular weight is 289 g/mol. The van der Waals surface area contributed by atoms with Gasteiger partial charge in [-0.25, -0.2) is 4.79 Å². The average Bonchev–Trinajstić information content (AvgIpc) is 2.95. The van der Waals surface area contributed by atoms with Gasteiger partial charge < -0.3 is 10.4 Å². The van der Waals surface area contributed by atoms with Crippen LogP contribution in [0.2, 0.25) is 0 Å². The molecular weight excluding hydrogens is 266 g/mol. The second-order valence-corrected chi connectivity index (χ2v) is 6.19. The van der Waals surface area contributed by atoms with Gasteiger partial charge in [0, 0.05) is 0 Å². The second kappa shape index (κ2) is 6.29. The highest BCUT2D eigenvalue weighted by atomic mass is 16.4. The molecule has 114 valence electrons. The van der Waals surface area contributed by atoms with Crippen LogP contribution in [-0.4, -0.2) is 23.0 Å². The molecule has 4 heteroatoms. The van der Waals surface area contributed by atoms with Gasteiger partial charge in [-0.05, 0) is 24.3 Å². The van der Waals surface area contributed by atoms with Crippen LogP contribution in [0.25, 0.3) is 0 Å². The molecule has 1 aliphatic rings. The van der Waals surface area contributed by atoms with Crippen LogP contribution in [0.5, 0.6) is 0 Å². The number of aliphatic carboxylic acids is 1. The third kappa shape index (κ3) is 3.09. The zero-order chi connectivity index (χ0) is 15.5. The topological polar surface area (TPSA) is 66.4 Å². The fourth-order valence-corrected chi connectivity index (χ4v) is 3.18. The molecular formula is C17H23NO3. The lowest BCUT2D eigenvalue weighted by atomic mass is 9.77. The zero-order valence-electron chi connectivity index (χ0n) is 12.6. The Hall–Kier alpha value is -1.84. The summed E-state index contributed by atoms with van der Waals surface area (Å²) in [4.78, 5) is 24.1. The summed E-state index contributed by atoms with van der Waals surface area (Å²) in [5.74, 6) is -1.26. The number of hydrogen-bond acceptors (Lipinski definition) is 2. The first-order valence-electron chi connectivity index (χ1n) is 7.57. The molecule has 0 aromatic heterocycles. The monoisotopic (exact) mass is 289 g/mol. The van der Waals surface area contributed by atoms with E-state index in [-0.39, 0.29) is 11.8 Å². The Balaban J connectivity index is 2.27. The van der Waals surface area contributed by atoms with Gasteiger partial charge in [0.1, 0.15) is 6.04 Å². The highest BCUT2D eigenvalue weighted by Gasteiger charge is 2.44. The Labute approximate surface area is 125 Å². The predicted molar refractivity (Wildman–Crippen MR) is 81.0 cm³/mol. The van der Waals surface area contributed by atoms with Crippen LogP contribution in [0.4, 0.5) is 0 Å². The molecule has 0 bridgehead atoms. The van der Waals surface area contributed by atoms with Crippen LogP contribution in [0.15, 0.2) is 30.3 Å². The van der Waals surface area contributed by atoms with Crippen molar-refractivity contribution in [2.75, 3.05) is 0 Å². The number of hydrogen-bond donors (Lipinski definition) is 2. The Morgan fingerprint density at radius 3 is 2.19 bits per heavy atom. The lowest BCUT2D eigenvalue weighted by molar-refractivity contribution is -0.144. The first kappa shape index (κ1) is 15.5. The van der Waals surface area contributed by atoms with E-state index in [2.05, 4.69) is 5.32 Å². The van der Waals surface area contributed by atoms with Crippen LogP contribution in [0.3, 0.4) is 0 Å². The number of carboxylic acid groups (broad SMARTS) is 1. The second-order valence-electron chi connectivity index (χ2n) is 6.19. The summed E-state index contributed by atoms with van der Waals surface area (Å²) in [6.07, 6.45) is 3.57. The van der Waals surface area contributed by atoms with Crippen LogP contribution in [0, 0.1) is 5.92 Å². The summed E-state index contributed by atoms with van der Waals surface area (Å²) in [5.41, 5.74) is 0.428. The largest absolute Gasteiger partial charge is 0.480 e. The van der Waals surface area contributed by atoms with Gasteiger partial charge in [0.25, 0.3) is 0 Å². The van der Waals surface area contributed by atoms with E-state index >= 15 is 0 Å². The molecule has 1 aromatic rings. The first-order valence-corrected chi connectivity index (χ1v) is 7.57. The molecule has 2 rings (SSSR count). The van der Waals surface area contributed by atoms with Crippen molar-refractivity contribution in [3.63, 3.8) is 0 Å². The number of benzene rings is 1. The normalized spacial score (nSPS) is 18.4. The molecule has 1 fully saturated rings. The number of carboxylic acids is 1. The molecule has 0 saturated heterocycles. The van der Waals surface area contributed by atoms with E-state index in [9.17, 15) is 14.7 Å². The lowest BCUT2D eigenvalue weighted by Crippen LogP contribution is -2.51. The smallest absolute Gasteiger partial charge is 0.326 e. The fourth-order valence-electron chi connectivity index (χ4n) is 3.18. The number of carbonyl (C=O) groups is 2. The van der Waals surface area contributed by atoms with Gasteiger partial charge in [0.05, 0.1) is 5.41 Å². The maximum Gasteiger partial charge on any atom is 0.326 e. The van der Waals surface area contributed by atoms with Crippen molar-refractivity contribution >= 4 is 11.9 Å². The molecule has 0 aliphatic heterocycles. The third-order valence-electron chi connectivity index (χ3n) is 4.44. The van der Waals surface area contributed by atoms with E-state index in [1.165, 1.54) is 0 Å². The lowest BCUT2D eigenvalue weighted by Gasteiger charge is -2.30. The van der Waals surface area contributed by atoms with Crippen molar-refractivity contribution < 1.29 is 14.7 Å². The first-order chi connectivity index (χ1) is 9.97. The Morgan fingerprint density at radius 1 is 1.14 bits per heavy atom. The van der Waals surface area contributed by atoms with Crippen LogP contribution >= 0.6 is 0 Å². The van der Waals surface area contributed by atoms with Crippen molar-refractivity contribution in [2.24, 2.45) is 5.92 Å². The molecule has 4 nitrogen and oxygen atoms in total. The minimum atomic E-state index is -0.973. The maximum absolute atomic E-state index is 12.8. The predicted octanol–water partition coefficient (Wildman–Crippen LogP) is 2.72. The van der Waals surface area contributed by atoms with E-state index in [1.54, 1.807) is 0 Å². The summed E-state index contributed by atoms with van der Waals surface area (Å²) < 4.78 is 0. The number of rotatable bonds is 5. The number of carbonyl (C=O) groups excluding carboxylic acids is 1. The van der Waals surface area contributed by atoms with Crippen molar-refractivity contribution in [3.8, 4) is 0 Å². The molecule has 2 N–H and O–H groups in total. The standard InChI is InChI=1S/C17H23NO3/c1-12(2)14(15(19)20)18-16(21)17(10-6-7-11-17)13-8-4-3-5-9-13/h3-5,8-9,12,14H,6-7,10-11H2,1-2H3,(H,18,21)(H,19,20). The van der Waals surface area contributed by atoms with E-state index < -0.39 is 17.4 Å². The summed E-state index contributed by atoms with van der Waals surface area (Å²) in [5, 5.41) is 12.0. The zero-order valence-corrected chi connectivity index (χ0v) is 12.6. The quantitative estimate of drug-likeness (QED) is 0.876. The van der Waals surface area contributed by atoms with Crippen LogP contribution in [0.1, 0.15) is 45.1 Å². The van der Waals surface area contributed by atoms with E-state index in [1.807, 2.05) is 44.2 Å². The van der Waals surface area contributed by atoms with Gasteiger partial charge in [-0.1, -0.05) is 57.0 Å². The number of amides is 1. The van der Waals surface area contributed by atoms with E-state index in [0.717, 1.165) is 31.2 Å². The van der Waals surface area contributed by atoms with E-state index in [0.29, 0.717) is 0 Å². The molecule has 21 heavy (non-hydrogen) atoms. The molecule has 1 atom stereocenters. The van der Waals surface area contributed by atoms with Crippen molar-refractivity contribution in [3.05, 3.63) is 35.9 Å². The highest BCUT2D eigenvalue weighted by Crippen LogP contribution is 2.41. The summed E-state index contributed by atoms with van der Waals surface area (Å²) >= 11 is 0. The molecule has 1 unspecified atom stereocenters. The highest BCUT2D eigenvalue weighted by molar-refractivity contribution is 5.91. The summed E-state index contributed by atoms with van der Waals surface area (Å²) in [7, 11) is 0. The summed E-state index contributed by atoms with van der Waals surface area (Å²) in [6.45, 7) is 3.62. The van der Waals surface area contributed by atoms with Gasteiger partial charge in [-0.15, -0.1) is 0 Å². The van der Waals surface area contributed by atoms with Gasteiger partial charge in [-0.3, -0.25) is 4.79 Å². The van der Waals surface area contributed by atoms with Gasteiger partial charge in [0.2, 0.25) is 5.91 Å². The minimum absolute atomic E-state index is 0.138. The Kier molecular flexibility index (Phi) is 4.66. The maximum atomic E-state index is 12.8. The molecule has 1 saturated carbocycles. The van der Waals surface area contributed by atoms with Gasteiger partial charge >= 0.3 is 5.97 Å². The Morgan fingerprint density at radius 2 is 1.71 bits per heavy atom. The Bertz CT molecular complexity index is 504. The van der Waals surface area contributed by atoms with Gasteiger partial charge in [0.15, 0.2) is 0 Å². The minimum Gasteiger partial charge on any atom is -0.480 e. The third-order valence-corrected chi connectivity index (χ3v) is 4.44. The number of nitrogens with one attached hydrogen (secondary N) is 1.